The van der Waals surface area contributed by atoms with Gasteiger partial charge in [0.25, 0.3) is 5.89 Å². The molecule has 0 aliphatic carbocycles. The van der Waals surface area contributed by atoms with Crippen LogP contribution in [0.4, 0.5) is 0 Å². The Balaban J connectivity index is 1.99. The normalized spacial score (nSPS) is 11.3. The van der Waals surface area contributed by atoms with Crippen molar-refractivity contribution >= 4 is 0 Å². The molecule has 1 aromatic carbocycles. The molecule has 5 nitrogen and oxygen atoms in total. The SMILES string of the molecule is Cc1ccccc1-c1noc(-c2cc(C(C)C)n(C)n2)n1. The van der Waals surface area contributed by atoms with Gasteiger partial charge in [-0.15, -0.1) is 0 Å². The monoisotopic (exact) mass is 282 g/mol. The summed E-state index contributed by atoms with van der Waals surface area (Å²) < 4.78 is 7.23. The van der Waals surface area contributed by atoms with E-state index < -0.39 is 0 Å². The summed E-state index contributed by atoms with van der Waals surface area (Å²) in [6.45, 7) is 6.30. The van der Waals surface area contributed by atoms with Gasteiger partial charge in [-0.1, -0.05) is 43.3 Å². The van der Waals surface area contributed by atoms with Gasteiger partial charge in [0.1, 0.15) is 0 Å². The first kappa shape index (κ1) is 13.5. The molecule has 0 atom stereocenters. The molecule has 0 aliphatic heterocycles. The molecule has 2 aromatic heterocycles. The van der Waals surface area contributed by atoms with Crippen LogP contribution in [0.15, 0.2) is 34.9 Å². The molecular weight excluding hydrogens is 264 g/mol. The highest BCUT2D eigenvalue weighted by molar-refractivity contribution is 5.61. The van der Waals surface area contributed by atoms with Crippen LogP contribution in [-0.2, 0) is 7.05 Å². The standard InChI is InChI=1S/C16H18N4O/c1-10(2)14-9-13(18-20(14)4)16-17-15(19-21-16)12-8-6-5-7-11(12)3/h5-10H,1-4H3. The van der Waals surface area contributed by atoms with Gasteiger partial charge in [0.15, 0.2) is 5.69 Å². The van der Waals surface area contributed by atoms with Crippen LogP contribution in [0.25, 0.3) is 23.0 Å². The zero-order valence-corrected chi connectivity index (χ0v) is 12.7. The van der Waals surface area contributed by atoms with Crippen molar-refractivity contribution in [1.82, 2.24) is 19.9 Å². The van der Waals surface area contributed by atoms with Gasteiger partial charge in [-0.3, -0.25) is 4.68 Å². The Bertz CT molecular complexity index is 770. The van der Waals surface area contributed by atoms with E-state index in [0.29, 0.717) is 23.3 Å². The van der Waals surface area contributed by atoms with E-state index in [0.717, 1.165) is 16.8 Å². The van der Waals surface area contributed by atoms with Crippen molar-refractivity contribution in [1.29, 1.82) is 0 Å². The average Bonchev–Trinajstić information content (AvgIpc) is 3.05. The Morgan fingerprint density at radius 1 is 1.19 bits per heavy atom. The van der Waals surface area contributed by atoms with E-state index in [1.165, 1.54) is 0 Å². The second kappa shape index (κ2) is 5.16. The van der Waals surface area contributed by atoms with Crippen molar-refractivity contribution in [3.8, 4) is 23.0 Å². The van der Waals surface area contributed by atoms with Gasteiger partial charge in [-0.25, -0.2) is 0 Å². The molecule has 108 valence electrons. The summed E-state index contributed by atoms with van der Waals surface area (Å²) in [4.78, 5) is 4.47. The van der Waals surface area contributed by atoms with E-state index >= 15 is 0 Å². The maximum Gasteiger partial charge on any atom is 0.278 e. The topological polar surface area (TPSA) is 56.7 Å². The summed E-state index contributed by atoms with van der Waals surface area (Å²) in [5.41, 5.74) is 3.95. The lowest BCUT2D eigenvalue weighted by Gasteiger charge is -2.02. The number of hydrogen-bond donors (Lipinski definition) is 0. The number of aromatic nitrogens is 4. The van der Waals surface area contributed by atoms with E-state index in [9.17, 15) is 0 Å². The van der Waals surface area contributed by atoms with Crippen molar-refractivity contribution in [2.24, 2.45) is 7.05 Å². The lowest BCUT2D eigenvalue weighted by Crippen LogP contribution is -1.99. The predicted octanol–water partition coefficient (Wildman–Crippen LogP) is 3.57. The maximum absolute atomic E-state index is 5.37. The lowest BCUT2D eigenvalue weighted by atomic mass is 10.1. The number of benzene rings is 1. The third kappa shape index (κ3) is 2.46. The zero-order chi connectivity index (χ0) is 15.0. The van der Waals surface area contributed by atoms with Gasteiger partial charge in [0.05, 0.1) is 0 Å². The minimum atomic E-state index is 0.398. The summed E-state index contributed by atoms with van der Waals surface area (Å²) in [6, 6.07) is 9.98. The van der Waals surface area contributed by atoms with Crippen LogP contribution in [0.2, 0.25) is 0 Å². The summed E-state index contributed by atoms with van der Waals surface area (Å²) >= 11 is 0. The molecule has 0 bridgehead atoms. The molecule has 5 heteroatoms. The minimum Gasteiger partial charge on any atom is -0.332 e. The fourth-order valence-electron chi connectivity index (χ4n) is 2.39. The molecule has 0 saturated heterocycles. The molecule has 0 fully saturated rings. The largest absolute Gasteiger partial charge is 0.332 e. The van der Waals surface area contributed by atoms with E-state index in [1.54, 1.807) is 0 Å². The van der Waals surface area contributed by atoms with Gasteiger partial charge >= 0.3 is 0 Å². The van der Waals surface area contributed by atoms with Crippen LogP contribution in [0.1, 0.15) is 31.0 Å². The van der Waals surface area contributed by atoms with Crippen molar-refractivity contribution in [2.75, 3.05) is 0 Å². The number of aryl methyl sites for hydroxylation is 2. The van der Waals surface area contributed by atoms with Crippen molar-refractivity contribution in [2.45, 2.75) is 26.7 Å². The first-order valence-corrected chi connectivity index (χ1v) is 7.00. The highest BCUT2D eigenvalue weighted by Crippen LogP contribution is 2.25. The first-order valence-electron chi connectivity index (χ1n) is 7.00. The van der Waals surface area contributed by atoms with Crippen LogP contribution in [0, 0.1) is 6.92 Å². The Morgan fingerprint density at radius 2 is 1.95 bits per heavy atom. The quantitative estimate of drug-likeness (QED) is 0.737. The Kier molecular flexibility index (Phi) is 3.33. The second-order valence-corrected chi connectivity index (χ2v) is 5.47. The summed E-state index contributed by atoms with van der Waals surface area (Å²) in [5.74, 6) is 1.45. The highest BCUT2D eigenvalue weighted by Gasteiger charge is 2.17. The Morgan fingerprint density at radius 3 is 2.62 bits per heavy atom. The first-order chi connectivity index (χ1) is 10.1. The zero-order valence-electron chi connectivity index (χ0n) is 12.7. The Labute approximate surface area is 123 Å². The molecule has 21 heavy (non-hydrogen) atoms. The molecular formula is C16H18N4O. The summed E-state index contributed by atoms with van der Waals surface area (Å²) in [7, 11) is 1.93. The van der Waals surface area contributed by atoms with Crippen LogP contribution < -0.4 is 0 Å². The van der Waals surface area contributed by atoms with Crippen molar-refractivity contribution < 1.29 is 4.52 Å². The molecule has 0 saturated carbocycles. The third-order valence-electron chi connectivity index (χ3n) is 3.54. The number of rotatable bonds is 3. The lowest BCUT2D eigenvalue weighted by molar-refractivity contribution is 0.430. The smallest absolute Gasteiger partial charge is 0.278 e. The molecule has 3 rings (SSSR count). The van der Waals surface area contributed by atoms with Crippen LogP contribution in [-0.4, -0.2) is 19.9 Å². The molecule has 3 aromatic rings. The molecule has 0 unspecified atom stereocenters. The van der Waals surface area contributed by atoms with E-state index in [4.69, 9.17) is 4.52 Å². The maximum atomic E-state index is 5.37. The Hall–Kier alpha value is -2.43. The number of hydrogen-bond acceptors (Lipinski definition) is 4. The van der Waals surface area contributed by atoms with Gasteiger partial charge in [0, 0.05) is 18.3 Å². The van der Waals surface area contributed by atoms with Crippen LogP contribution >= 0.6 is 0 Å². The summed E-state index contributed by atoms with van der Waals surface area (Å²) in [6.07, 6.45) is 0. The van der Waals surface area contributed by atoms with Gasteiger partial charge < -0.3 is 4.52 Å². The van der Waals surface area contributed by atoms with E-state index in [-0.39, 0.29) is 0 Å². The molecule has 0 N–H and O–H groups in total. The van der Waals surface area contributed by atoms with E-state index in [1.807, 2.05) is 49.0 Å². The molecule has 0 radical (unpaired) electrons. The molecule has 0 spiro atoms. The molecule has 2 heterocycles. The number of nitrogens with zero attached hydrogens (tertiary/aromatic N) is 4. The second-order valence-electron chi connectivity index (χ2n) is 5.47. The van der Waals surface area contributed by atoms with Crippen LogP contribution in [0.3, 0.4) is 0 Å². The van der Waals surface area contributed by atoms with Crippen molar-refractivity contribution in [3.63, 3.8) is 0 Å². The third-order valence-corrected chi connectivity index (χ3v) is 3.54. The minimum absolute atomic E-state index is 0.398. The van der Waals surface area contributed by atoms with Crippen molar-refractivity contribution in [3.05, 3.63) is 41.6 Å². The highest BCUT2D eigenvalue weighted by atomic mass is 16.5. The molecule has 0 aliphatic rings. The average molecular weight is 282 g/mol. The van der Waals surface area contributed by atoms with Gasteiger partial charge in [-0.2, -0.15) is 10.1 Å². The fraction of sp³-hybridized carbons (Fsp3) is 0.312. The fourth-order valence-corrected chi connectivity index (χ4v) is 2.39. The van der Waals surface area contributed by atoms with Crippen LogP contribution in [0.5, 0.6) is 0 Å². The predicted molar refractivity (Wildman–Crippen MR) is 80.8 cm³/mol. The van der Waals surface area contributed by atoms with Gasteiger partial charge in [-0.05, 0) is 24.5 Å². The summed E-state index contributed by atoms with van der Waals surface area (Å²) in [5, 5.41) is 8.52. The van der Waals surface area contributed by atoms with Gasteiger partial charge in [0.2, 0.25) is 5.82 Å². The van der Waals surface area contributed by atoms with E-state index in [2.05, 4.69) is 29.1 Å². The molecule has 0 amide bonds.